The van der Waals surface area contributed by atoms with E-state index < -0.39 is 5.51 Å². The number of hydrogen-bond acceptors (Lipinski definition) is 4. The van der Waals surface area contributed by atoms with Gasteiger partial charge < -0.3 is 10.6 Å². The molecule has 1 aliphatic rings. The molecular weight excluding hydrogens is 353 g/mol. The Morgan fingerprint density at radius 3 is 2.80 bits per heavy atom. The molecule has 0 saturated carbocycles. The summed E-state index contributed by atoms with van der Waals surface area (Å²) in [4.78, 5) is 12.6. The summed E-state index contributed by atoms with van der Waals surface area (Å²) in [6.45, 7) is 1.10. The van der Waals surface area contributed by atoms with Crippen LogP contribution in [0, 0.1) is 5.92 Å². The highest BCUT2D eigenvalue weighted by molar-refractivity contribution is 8.00. The molecule has 2 N–H and O–H groups in total. The number of halogens is 3. The van der Waals surface area contributed by atoms with Crippen LogP contribution in [-0.4, -0.2) is 34.3 Å². The van der Waals surface area contributed by atoms with Crippen LogP contribution in [0.1, 0.15) is 11.5 Å². The van der Waals surface area contributed by atoms with E-state index in [9.17, 15) is 18.0 Å². The summed E-state index contributed by atoms with van der Waals surface area (Å²) in [6.07, 6.45) is 3.57. The summed E-state index contributed by atoms with van der Waals surface area (Å²) < 4.78 is 39.7. The number of para-hydroxylation sites is 1. The Hall–Kier alpha value is -2.00. The van der Waals surface area contributed by atoms with Gasteiger partial charge in [0.05, 0.1) is 17.8 Å². The summed E-state index contributed by atoms with van der Waals surface area (Å²) in [5.41, 5.74) is -3.30. The molecule has 1 saturated heterocycles. The van der Waals surface area contributed by atoms with E-state index in [1.807, 2.05) is 6.20 Å². The largest absolute Gasteiger partial charge is 0.446 e. The average molecular weight is 370 g/mol. The van der Waals surface area contributed by atoms with Gasteiger partial charge >= 0.3 is 5.51 Å². The van der Waals surface area contributed by atoms with Gasteiger partial charge in [-0.25, -0.2) is 0 Å². The fourth-order valence-corrected chi connectivity index (χ4v) is 3.57. The van der Waals surface area contributed by atoms with Crippen molar-refractivity contribution < 1.29 is 18.0 Å². The van der Waals surface area contributed by atoms with E-state index in [0.717, 1.165) is 5.56 Å². The Morgan fingerprint density at radius 2 is 2.12 bits per heavy atom. The second-order valence-corrected chi connectivity index (χ2v) is 6.96. The van der Waals surface area contributed by atoms with Crippen molar-refractivity contribution in [2.75, 3.05) is 18.4 Å². The van der Waals surface area contributed by atoms with Crippen molar-refractivity contribution in [2.24, 2.45) is 13.0 Å². The van der Waals surface area contributed by atoms with Gasteiger partial charge in [0.1, 0.15) is 0 Å². The molecule has 1 aliphatic heterocycles. The second kappa shape index (κ2) is 7.09. The zero-order valence-electron chi connectivity index (χ0n) is 13.4. The van der Waals surface area contributed by atoms with Crippen LogP contribution in [0.25, 0.3) is 0 Å². The number of alkyl halides is 3. The van der Waals surface area contributed by atoms with Crippen LogP contribution in [-0.2, 0) is 11.8 Å². The number of anilines is 1. The fraction of sp³-hybridized carbons (Fsp3) is 0.375. The molecule has 0 aliphatic carbocycles. The number of nitrogens with one attached hydrogen (secondary N) is 2. The second-order valence-electron chi connectivity index (χ2n) is 5.85. The third kappa shape index (κ3) is 4.35. The number of amides is 1. The molecule has 1 aromatic heterocycles. The number of aromatic nitrogens is 2. The lowest BCUT2D eigenvalue weighted by molar-refractivity contribution is -0.119. The van der Waals surface area contributed by atoms with E-state index in [4.69, 9.17) is 0 Å². The lowest BCUT2D eigenvalue weighted by Crippen LogP contribution is -2.28. The highest BCUT2D eigenvalue weighted by Gasteiger charge is 2.35. The van der Waals surface area contributed by atoms with E-state index >= 15 is 0 Å². The van der Waals surface area contributed by atoms with Crippen LogP contribution < -0.4 is 10.6 Å². The molecule has 3 rings (SSSR count). The zero-order chi connectivity index (χ0) is 18.0. The van der Waals surface area contributed by atoms with Crippen molar-refractivity contribution in [1.82, 2.24) is 15.1 Å². The predicted octanol–water partition coefficient (Wildman–Crippen LogP) is 2.97. The summed E-state index contributed by atoms with van der Waals surface area (Å²) in [5, 5.41) is 9.94. The van der Waals surface area contributed by atoms with Gasteiger partial charge in [0.15, 0.2) is 0 Å². The van der Waals surface area contributed by atoms with Crippen molar-refractivity contribution in [3.8, 4) is 0 Å². The number of thioether (sulfide) groups is 1. The molecule has 134 valence electrons. The first kappa shape index (κ1) is 17.8. The van der Waals surface area contributed by atoms with Gasteiger partial charge in [-0.1, -0.05) is 12.1 Å². The Kier molecular flexibility index (Phi) is 5.05. The number of benzene rings is 1. The van der Waals surface area contributed by atoms with E-state index in [-0.39, 0.29) is 40.1 Å². The molecule has 2 heterocycles. The molecule has 0 unspecified atom stereocenters. The molecule has 1 amide bonds. The molecule has 1 aromatic carbocycles. The number of hydrogen-bond donors (Lipinski definition) is 2. The van der Waals surface area contributed by atoms with Crippen LogP contribution in [0.5, 0.6) is 0 Å². The van der Waals surface area contributed by atoms with Crippen LogP contribution >= 0.6 is 11.8 Å². The van der Waals surface area contributed by atoms with E-state index in [2.05, 4.69) is 15.7 Å². The quantitative estimate of drug-likeness (QED) is 0.813. The van der Waals surface area contributed by atoms with E-state index in [1.54, 1.807) is 24.0 Å². The smallest absolute Gasteiger partial charge is 0.325 e. The maximum atomic E-state index is 12.7. The van der Waals surface area contributed by atoms with Crippen LogP contribution in [0.15, 0.2) is 41.6 Å². The standard InChI is InChI=1S/C16H17F3N4OS/c1-23-9-10(6-21-23)11-7-20-8-12(11)15(24)22-13-4-2-3-5-14(13)25-16(17,18)19/h2-6,9,11-12,20H,7-8H2,1H3,(H,22,24)/t11-,12+/m1/s1. The number of nitrogens with zero attached hydrogens (tertiary/aromatic N) is 2. The van der Waals surface area contributed by atoms with Gasteiger partial charge in [0.25, 0.3) is 0 Å². The molecule has 5 nitrogen and oxygen atoms in total. The van der Waals surface area contributed by atoms with Crippen LogP contribution in [0.4, 0.5) is 18.9 Å². The number of rotatable bonds is 4. The lowest BCUT2D eigenvalue weighted by atomic mass is 9.90. The maximum absolute atomic E-state index is 12.7. The highest BCUT2D eigenvalue weighted by atomic mass is 32.2. The molecule has 0 bridgehead atoms. The average Bonchev–Trinajstić information content (AvgIpc) is 3.16. The summed E-state index contributed by atoms with van der Waals surface area (Å²) in [6, 6.07) is 5.94. The minimum Gasteiger partial charge on any atom is -0.325 e. The first-order valence-electron chi connectivity index (χ1n) is 7.68. The zero-order valence-corrected chi connectivity index (χ0v) is 14.2. The third-order valence-corrected chi connectivity index (χ3v) is 4.88. The fourth-order valence-electron chi connectivity index (χ4n) is 2.95. The van der Waals surface area contributed by atoms with Crippen molar-refractivity contribution in [3.63, 3.8) is 0 Å². The van der Waals surface area contributed by atoms with Crippen LogP contribution in [0.2, 0.25) is 0 Å². The molecular formula is C16H17F3N4OS. The van der Waals surface area contributed by atoms with Crippen molar-refractivity contribution >= 4 is 23.4 Å². The first-order valence-corrected chi connectivity index (χ1v) is 8.50. The topological polar surface area (TPSA) is 59.0 Å². The van der Waals surface area contributed by atoms with Crippen molar-refractivity contribution in [2.45, 2.75) is 16.3 Å². The lowest BCUT2D eigenvalue weighted by Gasteiger charge is -2.18. The van der Waals surface area contributed by atoms with Gasteiger partial charge in [-0.2, -0.15) is 18.3 Å². The normalized spacial score (nSPS) is 20.6. The predicted molar refractivity (Wildman–Crippen MR) is 89.3 cm³/mol. The van der Waals surface area contributed by atoms with Crippen LogP contribution in [0.3, 0.4) is 0 Å². The van der Waals surface area contributed by atoms with Gasteiger partial charge in [-0.3, -0.25) is 9.48 Å². The third-order valence-electron chi connectivity index (χ3n) is 4.07. The minimum absolute atomic E-state index is 0.0211. The number of carbonyl (C=O) groups is 1. The molecule has 2 atom stereocenters. The molecule has 1 fully saturated rings. The summed E-state index contributed by atoms with van der Waals surface area (Å²) in [7, 11) is 1.80. The van der Waals surface area contributed by atoms with Gasteiger partial charge in [-0.05, 0) is 29.5 Å². The minimum atomic E-state index is -4.41. The Morgan fingerprint density at radius 1 is 1.36 bits per heavy atom. The van der Waals surface area contributed by atoms with Gasteiger partial charge in [-0.15, -0.1) is 0 Å². The molecule has 9 heteroatoms. The molecule has 0 radical (unpaired) electrons. The van der Waals surface area contributed by atoms with E-state index in [1.165, 1.54) is 18.2 Å². The van der Waals surface area contributed by atoms with E-state index in [0.29, 0.717) is 13.1 Å². The van der Waals surface area contributed by atoms with Gasteiger partial charge in [0.2, 0.25) is 5.91 Å². The molecule has 0 spiro atoms. The Balaban J connectivity index is 1.76. The maximum Gasteiger partial charge on any atom is 0.446 e. The Labute approximate surface area is 147 Å². The summed E-state index contributed by atoms with van der Waals surface area (Å²) in [5.74, 6) is -0.724. The Bertz CT molecular complexity index is 762. The number of aryl methyl sites for hydroxylation is 1. The number of carbonyl (C=O) groups excluding carboxylic acids is 1. The monoisotopic (exact) mass is 370 g/mol. The first-order chi connectivity index (χ1) is 11.8. The molecule has 2 aromatic rings. The van der Waals surface area contributed by atoms with Crippen molar-refractivity contribution in [3.05, 3.63) is 42.2 Å². The highest BCUT2D eigenvalue weighted by Crippen LogP contribution is 2.40. The molecule has 25 heavy (non-hydrogen) atoms. The van der Waals surface area contributed by atoms with Crippen molar-refractivity contribution in [1.29, 1.82) is 0 Å². The van der Waals surface area contributed by atoms with Gasteiger partial charge in [0, 0.05) is 37.1 Å². The summed E-state index contributed by atoms with van der Waals surface area (Å²) >= 11 is -0.231. The SMILES string of the molecule is Cn1cc([C@H]2CNC[C@@H]2C(=O)Nc2ccccc2SC(F)(F)F)cn1.